The number of carbonyl (C=O) groups is 3. The number of amides is 3. The topological polar surface area (TPSA) is 87.7 Å². The molecule has 0 heterocycles. The van der Waals surface area contributed by atoms with Gasteiger partial charge in [0.2, 0.25) is 11.8 Å². The molecule has 1 aromatic carbocycles. The van der Waals surface area contributed by atoms with E-state index in [0.717, 1.165) is 6.42 Å². The summed E-state index contributed by atoms with van der Waals surface area (Å²) in [6, 6.07) is 5.04. The number of nitrogens with zero attached hydrogens (tertiary/aromatic N) is 1. The Balaban J connectivity index is 3.73. The minimum Gasteiger partial charge on any atom is -0.444 e. The van der Waals surface area contributed by atoms with Gasteiger partial charge in [0.05, 0.1) is 0 Å². The van der Waals surface area contributed by atoms with Gasteiger partial charge in [0.15, 0.2) is 0 Å². The van der Waals surface area contributed by atoms with Crippen molar-refractivity contribution in [2.75, 3.05) is 12.0 Å². The van der Waals surface area contributed by atoms with Gasteiger partial charge in [0.25, 0.3) is 0 Å². The van der Waals surface area contributed by atoms with Crippen molar-refractivity contribution >= 4 is 29.7 Å². The first kappa shape index (κ1) is 34.4. The van der Waals surface area contributed by atoms with Crippen molar-refractivity contribution in [3.8, 4) is 12.3 Å². The van der Waals surface area contributed by atoms with Crippen molar-refractivity contribution in [1.29, 1.82) is 0 Å². The smallest absolute Gasteiger partial charge is 0.408 e. The molecule has 1 aromatic rings. The summed E-state index contributed by atoms with van der Waals surface area (Å²) >= 11 is 1.58. The number of alkyl carbamates (subject to hydrolysis) is 1. The minimum absolute atomic E-state index is 0.307. The monoisotopic (exact) mass is 559 g/mol. The molecule has 8 heteroatoms. The molecule has 0 saturated carbocycles. The summed E-state index contributed by atoms with van der Waals surface area (Å²) in [7, 11) is 0. The summed E-state index contributed by atoms with van der Waals surface area (Å²) in [4.78, 5) is 42.8. The lowest BCUT2D eigenvalue weighted by atomic mass is 9.93. The second-order valence-corrected chi connectivity index (χ2v) is 13.4. The van der Waals surface area contributed by atoms with Gasteiger partial charge in [0.1, 0.15) is 17.7 Å². The molecular formula is C31H49N3O4S. The lowest BCUT2D eigenvalue weighted by molar-refractivity contribution is -0.145. The van der Waals surface area contributed by atoms with Crippen LogP contribution >= 0.6 is 11.8 Å². The second kappa shape index (κ2) is 15.2. The SMILES string of the molecule is C#Cc1ccccc1C(C(=O)NC(C)(C)C)N(C(=O)C(CCSC)NC(=O)OC(C)(C)C)C(C)CCC(C)C. The molecule has 1 rings (SSSR count). The molecule has 0 aromatic heterocycles. The Morgan fingerprint density at radius 3 is 2.15 bits per heavy atom. The highest BCUT2D eigenvalue weighted by Gasteiger charge is 2.40. The highest BCUT2D eigenvalue weighted by molar-refractivity contribution is 7.98. The van der Waals surface area contributed by atoms with E-state index in [0.29, 0.717) is 35.6 Å². The number of rotatable bonds is 12. The van der Waals surface area contributed by atoms with Crippen molar-refractivity contribution < 1.29 is 19.1 Å². The van der Waals surface area contributed by atoms with Gasteiger partial charge in [0, 0.05) is 17.1 Å². The van der Waals surface area contributed by atoms with Crippen LogP contribution in [0, 0.1) is 18.3 Å². The van der Waals surface area contributed by atoms with Crippen LogP contribution in [0.3, 0.4) is 0 Å². The molecule has 2 N–H and O–H groups in total. The highest BCUT2D eigenvalue weighted by Crippen LogP contribution is 2.30. The van der Waals surface area contributed by atoms with Crippen molar-refractivity contribution in [3.63, 3.8) is 0 Å². The third-order valence-corrected chi connectivity index (χ3v) is 6.57. The third-order valence-electron chi connectivity index (χ3n) is 5.93. The Labute approximate surface area is 240 Å². The van der Waals surface area contributed by atoms with Crippen LogP contribution in [-0.4, -0.2) is 58.0 Å². The third kappa shape index (κ3) is 11.9. The highest BCUT2D eigenvalue weighted by atomic mass is 32.2. The van der Waals surface area contributed by atoms with Gasteiger partial charge in [-0.3, -0.25) is 9.59 Å². The maximum Gasteiger partial charge on any atom is 0.408 e. The van der Waals surface area contributed by atoms with Crippen molar-refractivity contribution in [3.05, 3.63) is 35.4 Å². The Morgan fingerprint density at radius 2 is 1.64 bits per heavy atom. The van der Waals surface area contributed by atoms with Gasteiger partial charge in [-0.2, -0.15) is 11.8 Å². The van der Waals surface area contributed by atoms with Gasteiger partial charge in [-0.25, -0.2) is 4.79 Å². The molecule has 218 valence electrons. The fourth-order valence-corrected chi connectivity index (χ4v) is 4.63. The molecule has 0 aliphatic rings. The quantitative estimate of drug-likeness (QED) is 0.310. The van der Waals surface area contributed by atoms with Crippen LogP contribution in [0.1, 0.15) is 98.7 Å². The van der Waals surface area contributed by atoms with E-state index < -0.39 is 29.3 Å². The van der Waals surface area contributed by atoms with Gasteiger partial charge in [-0.05, 0) is 97.3 Å². The first-order chi connectivity index (χ1) is 18.0. The van der Waals surface area contributed by atoms with Gasteiger partial charge in [-0.15, -0.1) is 6.42 Å². The van der Waals surface area contributed by atoms with E-state index in [1.54, 1.807) is 49.6 Å². The maximum absolute atomic E-state index is 14.4. The zero-order valence-corrected chi connectivity index (χ0v) is 26.3. The summed E-state index contributed by atoms with van der Waals surface area (Å²) in [6.07, 6.45) is 9.07. The van der Waals surface area contributed by atoms with E-state index >= 15 is 0 Å². The van der Waals surface area contributed by atoms with Crippen molar-refractivity contribution in [2.45, 2.75) is 111 Å². The second-order valence-electron chi connectivity index (χ2n) is 12.4. The van der Waals surface area contributed by atoms with Crippen molar-refractivity contribution in [2.24, 2.45) is 5.92 Å². The molecule has 0 radical (unpaired) electrons. The number of carbonyl (C=O) groups excluding carboxylic acids is 3. The number of ether oxygens (including phenoxy) is 1. The molecular weight excluding hydrogens is 510 g/mol. The normalized spacial score (nSPS) is 14.1. The molecule has 3 atom stereocenters. The lowest BCUT2D eigenvalue weighted by Gasteiger charge is -2.40. The van der Waals surface area contributed by atoms with Crippen molar-refractivity contribution in [1.82, 2.24) is 15.5 Å². The predicted octanol–water partition coefficient (Wildman–Crippen LogP) is 5.92. The molecule has 0 bridgehead atoms. The van der Waals surface area contributed by atoms with Gasteiger partial charge in [-0.1, -0.05) is 38.0 Å². The van der Waals surface area contributed by atoms with Crippen LogP contribution in [0.5, 0.6) is 0 Å². The van der Waals surface area contributed by atoms with E-state index in [1.165, 1.54) is 0 Å². The number of thioether (sulfide) groups is 1. The lowest BCUT2D eigenvalue weighted by Crippen LogP contribution is -2.57. The standard InChI is InChI=1S/C31H49N3O4S/c1-12-23-15-13-14-16-24(23)26(27(35)33-30(5,6)7)34(22(4)18-17-21(2)3)28(36)25(19-20-39-11)32-29(37)38-31(8,9)10/h1,13-16,21-22,25-26H,17-20H2,2-11H3,(H,32,37)(H,33,35). The van der Waals surface area contributed by atoms with Crippen LogP contribution in [0.2, 0.25) is 0 Å². The number of benzene rings is 1. The first-order valence-corrected chi connectivity index (χ1v) is 15.1. The Kier molecular flexibility index (Phi) is 13.4. The Hall–Kier alpha value is -2.66. The van der Waals surface area contributed by atoms with E-state index in [1.807, 2.05) is 46.1 Å². The molecule has 0 aliphatic carbocycles. The Bertz CT molecular complexity index is 1000. The first-order valence-electron chi connectivity index (χ1n) is 13.7. The van der Waals surface area contributed by atoms with Gasteiger partial charge < -0.3 is 20.3 Å². The summed E-state index contributed by atoms with van der Waals surface area (Å²) < 4.78 is 5.48. The molecule has 0 fully saturated rings. The predicted molar refractivity (Wildman–Crippen MR) is 162 cm³/mol. The number of hydrogen-bond donors (Lipinski definition) is 2. The summed E-state index contributed by atoms with van der Waals surface area (Å²) in [6.45, 7) is 17.2. The molecule has 0 aliphatic heterocycles. The summed E-state index contributed by atoms with van der Waals surface area (Å²) in [5.74, 6) is 3.08. The van der Waals surface area contributed by atoms with Crippen LogP contribution in [0.15, 0.2) is 24.3 Å². The Morgan fingerprint density at radius 1 is 1.03 bits per heavy atom. The van der Waals surface area contributed by atoms with E-state index in [4.69, 9.17) is 11.2 Å². The van der Waals surface area contributed by atoms with E-state index in [2.05, 4.69) is 30.4 Å². The zero-order valence-electron chi connectivity index (χ0n) is 25.5. The molecule has 39 heavy (non-hydrogen) atoms. The minimum atomic E-state index is -0.983. The number of nitrogens with one attached hydrogen (secondary N) is 2. The molecule has 3 unspecified atom stereocenters. The fourth-order valence-electron chi connectivity index (χ4n) is 4.16. The van der Waals surface area contributed by atoms with E-state index in [-0.39, 0.29) is 17.9 Å². The van der Waals surface area contributed by atoms with Crippen LogP contribution in [-0.2, 0) is 14.3 Å². The number of hydrogen-bond acceptors (Lipinski definition) is 5. The molecule has 0 saturated heterocycles. The van der Waals surface area contributed by atoms with Gasteiger partial charge >= 0.3 is 6.09 Å². The van der Waals surface area contributed by atoms with Crippen LogP contribution < -0.4 is 10.6 Å². The molecule has 7 nitrogen and oxygen atoms in total. The van der Waals surface area contributed by atoms with Crippen LogP contribution in [0.25, 0.3) is 0 Å². The van der Waals surface area contributed by atoms with Crippen LogP contribution in [0.4, 0.5) is 4.79 Å². The summed E-state index contributed by atoms with van der Waals surface area (Å²) in [5.41, 5.74) is -0.139. The average molecular weight is 560 g/mol. The average Bonchev–Trinajstić information content (AvgIpc) is 2.80. The molecule has 0 spiro atoms. The zero-order chi connectivity index (χ0) is 30.0. The molecule has 3 amide bonds. The van der Waals surface area contributed by atoms with E-state index in [9.17, 15) is 14.4 Å². The largest absolute Gasteiger partial charge is 0.444 e. The summed E-state index contributed by atoms with van der Waals surface area (Å²) in [5, 5.41) is 5.85. The maximum atomic E-state index is 14.4. The number of terminal acetylenes is 1. The fraction of sp³-hybridized carbons (Fsp3) is 0.645.